The van der Waals surface area contributed by atoms with Gasteiger partial charge >= 0.3 is 47.2 Å². The number of quaternary nitrogens is 1. The molecule has 0 unspecified atom stereocenters. The molecule has 1 amide bonds. The van der Waals surface area contributed by atoms with Crippen molar-refractivity contribution in [3.63, 3.8) is 0 Å². The fraction of sp³-hybridized carbons (Fsp3) is 0.875. The Bertz CT molecular complexity index is 782. The average molecular weight is 533 g/mol. The summed E-state index contributed by atoms with van der Waals surface area (Å²) in [7, 11) is 2.79. The number of carbonyl (C=O) groups is 2. The SMILES string of the molecule is C[N+](C)(CCCNC(=O)C1(F)C(F)(F)C(F)(F)C(F)(C(F)(F)F)C(F)(F)C1(F)F)CCC(=O)O. The van der Waals surface area contributed by atoms with E-state index < -0.39 is 66.0 Å². The quantitative estimate of drug-likeness (QED) is 0.285. The summed E-state index contributed by atoms with van der Waals surface area (Å²) in [5.74, 6) is -35.7. The summed E-state index contributed by atoms with van der Waals surface area (Å²) in [5.41, 5.74) is -14.9. The van der Waals surface area contributed by atoms with Crippen molar-refractivity contribution in [2.45, 2.75) is 54.0 Å². The average Bonchev–Trinajstić information content (AvgIpc) is 2.65. The molecule has 0 aromatic carbocycles. The topological polar surface area (TPSA) is 66.4 Å². The zero-order valence-corrected chi connectivity index (χ0v) is 17.2. The van der Waals surface area contributed by atoms with Gasteiger partial charge in [0, 0.05) is 13.0 Å². The van der Waals surface area contributed by atoms with Gasteiger partial charge in [-0.1, -0.05) is 0 Å². The molecule has 18 heteroatoms. The molecule has 34 heavy (non-hydrogen) atoms. The molecule has 0 spiro atoms. The van der Waals surface area contributed by atoms with Crippen LogP contribution in [0.3, 0.4) is 0 Å². The van der Waals surface area contributed by atoms with Gasteiger partial charge in [-0.3, -0.25) is 9.59 Å². The number of carboxylic acid groups (broad SMARTS) is 1. The van der Waals surface area contributed by atoms with Crippen molar-refractivity contribution in [3.05, 3.63) is 0 Å². The van der Waals surface area contributed by atoms with Crippen molar-refractivity contribution in [1.82, 2.24) is 5.32 Å². The molecule has 0 radical (unpaired) electrons. The van der Waals surface area contributed by atoms with Crippen LogP contribution in [0.25, 0.3) is 0 Å². The van der Waals surface area contributed by atoms with Gasteiger partial charge in [-0.05, 0) is 0 Å². The number of rotatable bonds is 8. The number of amides is 1. The molecule has 1 aliphatic rings. The maximum Gasteiger partial charge on any atom is 0.435 e. The Kier molecular flexibility index (Phi) is 7.32. The highest BCUT2D eigenvalue weighted by molar-refractivity contribution is 5.89. The number of aliphatic carboxylic acids is 1. The lowest BCUT2D eigenvalue weighted by molar-refractivity contribution is -0.889. The molecule has 0 saturated heterocycles. The third-order valence-electron chi connectivity index (χ3n) is 5.38. The molecule has 1 rings (SSSR count). The second-order valence-electron chi connectivity index (χ2n) is 8.25. The van der Waals surface area contributed by atoms with Crippen molar-refractivity contribution in [3.8, 4) is 0 Å². The fourth-order valence-electron chi connectivity index (χ4n) is 3.24. The summed E-state index contributed by atoms with van der Waals surface area (Å²) in [6.07, 6.45) is -8.60. The first-order valence-electron chi connectivity index (χ1n) is 9.07. The molecule has 5 nitrogen and oxygen atoms in total. The summed E-state index contributed by atoms with van der Waals surface area (Å²) in [6.45, 7) is -1.35. The summed E-state index contributed by atoms with van der Waals surface area (Å²) in [6, 6.07) is 0. The fourth-order valence-corrected chi connectivity index (χ4v) is 3.24. The second kappa shape index (κ2) is 8.29. The van der Waals surface area contributed by atoms with E-state index >= 15 is 0 Å². The number of nitrogens with one attached hydrogen (secondary N) is 1. The van der Waals surface area contributed by atoms with E-state index in [1.165, 1.54) is 14.1 Å². The van der Waals surface area contributed by atoms with Crippen LogP contribution in [0, 0.1) is 0 Å². The summed E-state index contributed by atoms with van der Waals surface area (Å²) >= 11 is 0. The minimum Gasteiger partial charge on any atom is -0.481 e. The highest BCUT2D eigenvalue weighted by atomic mass is 19.4. The van der Waals surface area contributed by atoms with Gasteiger partial charge in [0.1, 0.15) is 0 Å². The first-order valence-corrected chi connectivity index (χ1v) is 9.07. The van der Waals surface area contributed by atoms with Crippen LogP contribution in [0.2, 0.25) is 0 Å². The Morgan fingerprint density at radius 1 is 0.794 bits per heavy atom. The largest absolute Gasteiger partial charge is 0.481 e. The van der Waals surface area contributed by atoms with Gasteiger partial charge in [-0.15, -0.1) is 0 Å². The minimum atomic E-state index is -7.94. The molecular formula is C16H18F13N2O3+. The monoisotopic (exact) mass is 533 g/mol. The predicted molar refractivity (Wildman–Crippen MR) is 85.2 cm³/mol. The number of hydrogen-bond donors (Lipinski definition) is 2. The Balaban J connectivity index is 3.30. The van der Waals surface area contributed by atoms with Gasteiger partial charge in [-0.25, -0.2) is 8.78 Å². The number of hydrogen-bond acceptors (Lipinski definition) is 2. The van der Waals surface area contributed by atoms with Crippen LogP contribution >= 0.6 is 0 Å². The van der Waals surface area contributed by atoms with E-state index in [1.807, 2.05) is 0 Å². The summed E-state index contributed by atoms with van der Waals surface area (Å²) < 4.78 is 178. The van der Waals surface area contributed by atoms with E-state index in [-0.39, 0.29) is 24.0 Å². The molecule has 0 aromatic heterocycles. The maximum atomic E-state index is 14.6. The number of nitrogens with zero attached hydrogens (tertiary/aromatic N) is 1. The minimum absolute atomic E-state index is 0.0685. The Morgan fingerprint density at radius 3 is 1.56 bits per heavy atom. The van der Waals surface area contributed by atoms with E-state index in [9.17, 15) is 66.7 Å². The Hall–Kier alpha value is -2.01. The first kappa shape index (κ1) is 30.0. The van der Waals surface area contributed by atoms with Crippen LogP contribution in [0.5, 0.6) is 0 Å². The second-order valence-corrected chi connectivity index (χ2v) is 8.25. The molecule has 200 valence electrons. The number of carboxylic acids is 1. The van der Waals surface area contributed by atoms with Crippen molar-refractivity contribution < 1.29 is 76.3 Å². The Morgan fingerprint density at radius 2 is 1.21 bits per heavy atom. The van der Waals surface area contributed by atoms with Crippen molar-refractivity contribution in [2.75, 3.05) is 33.7 Å². The van der Waals surface area contributed by atoms with Crippen LogP contribution in [0.4, 0.5) is 57.1 Å². The number of halogens is 13. The zero-order valence-electron chi connectivity index (χ0n) is 17.2. The van der Waals surface area contributed by atoms with Crippen molar-refractivity contribution >= 4 is 11.9 Å². The van der Waals surface area contributed by atoms with Gasteiger partial charge in [0.15, 0.2) is 0 Å². The predicted octanol–water partition coefficient (Wildman–Crippen LogP) is 3.58. The van der Waals surface area contributed by atoms with E-state index in [2.05, 4.69) is 0 Å². The number of alkyl halides is 13. The summed E-state index contributed by atoms with van der Waals surface area (Å²) in [5, 5.41) is 9.51. The van der Waals surface area contributed by atoms with Crippen LogP contribution in [0.15, 0.2) is 0 Å². The van der Waals surface area contributed by atoms with Crippen LogP contribution in [0.1, 0.15) is 12.8 Å². The van der Waals surface area contributed by atoms with Gasteiger partial charge in [-0.2, -0.15) is 48.3 Å². The van der Waals surface area contributed by atoms with Crippen LogP contribution in [-0.4, -0.2) is 96.4 Å². The van der Waals surface area contributed by atoms with E-state index in [4.69, 9.17) is 5.11 Å². The maximum absolute atomic E-state index is 14.6. The van der Waals surface area contributed by atoms with Gasteiger partial charge < -0.3 is 14.9 Å². The molecule has 2 N–H and O–H groups in total. The molecule has 1 saturated carbocycles. The molecule has 0 bridgehead atoms. The van der Waals surface area contributed by atoms with E-state index in [0.29, 0.717) is 0 Å². The van der Waals surface area contributed by atoms with Crippen LogP contribution in [-0.2, 0) is 9.59 Å². The normalized spacial score (nSPS) is 30.0. The third-order valence-corrected chi connectivity index (χ3v) is 5.38. The molecule has 0 atom stereocenters. The molecule has 0 aromatic rings. The van der Waals surface area contributed by atoms with Crippen molar-refractivity contribution in [1.29, 1.82) is 0 Å². The highest BCUT2D eigenvalue weighted by Crippen LogP contribution is 2.72. The van der Waals surface area contributed by atoms with Crippen LogP contribution < -0.4 is 5.32 Å². The molecule has 1 fully saturated rings. The lowest BCUT2D eigenvalue weighted by Crippen LogP contribution is -2.89. The molecule has 1 aliphatic carbocycles. The molecule has 0 aliphatic heterocycles. The standard InChI is InChI=1S/C16H17F13N2O3/c1-31(2,7-4-8(32)33)6-3-5-30-9(34)10(17)12(19,20)14(23,24)11(18,16(27,28)29)15(25,26)13(10,21)22/h3-7H2,1-2H3,(H-,30,32,33,34)/p+1. The van der Waals surface area contributed by atoms with E-state index in [0.717, 1.165) is 5.32 Å². The Labute approximate surface area is 182 Å². The smallest absolute Gasteiger partial charge is 0.435 e. The van der Waals surface area contributed by atoms with E-state index in [1.54, 1.807) is 0 Å². The lowest BCUT2D eigenvalue weighted by atomic mass is 9.66. The zero-order chi connectivity index (χ0) is 27.4. The van der Waals surface area contributed by atoms with Gasteiger partial charge in [0.2, 0.25) is 0 Å². The van der Waals surface area contributed by atoms with Gasteiger partial charge in [0.05, 0.1) is 33.6 Å². The number of carbonyl (C=O) groups excluding carboxylic acids is 1. The van der Waals surface area contributed by atoms with Gasteiger partial charge in [0.25, 0.3) is 5.91 Å². The third kappa shape index (κ3) is 3.84. The molecular weight excluding hydrogens is 515 g/mol. The highest BCUT2D eigenvalue weighted by Gasteiger charge is 3.06. The lowest BCUT2D eigenvalue weighted by Gasteiger charge is -2.54. The van der Waals surface area contributed by atoms with Crippen molar-refractivity contribution in [2.24, 2.45) is 0 Å². The first-order chi connectivity index (χ1) is 14.8. The molecule has 0 heterocycles. The summed E-state index contributed by atoms with van der Waals surface area (Å²) in [4.78, 5) is 22.3.